The van der Waals surface area contributed by atoms with Gasteiger partial charge >= 0.3 is 0 Å². The lowest BCUT2D eigenvalue weighted by Crippen LogP contribution is -2.48. The van der Waals surface area contributed by atoms with Crippen molar-refractivity contribution < 1.29 is 17.2 Å². The van der Waals surface area contributed by atoms with Crippen molar-refractivity contribution in [2.75, 3.05) is 32.1 Å². The van der Waals surface area contributed by atoms with Crippen molar-refractivity contribution in [2.24, 2.45) is 0 Å². The predicted octanol–water partition coefficient (Wildman–Crippen LogP) is 3.50. The van der Waals surface area contributed by atoms with Gasteiger partial charge in [-0.25, -0.2) is 18.7 Å². The summed E-state index contributed by atoms with van der Waals surface area (Å²) in [4.78, 5) is 15.2. The molecule has 0 atom stereocenters. The minimum atomic E-state index is -3.52. The minimum Gasteiger partial charge on any atom is -0.355 e. The molecule has 0 spiro atoms. The predicted molar refractivity (Wildman–Crippen MR) is 127 cm³/mol. The molecule has 34 heavy (non-hydrogen) atoms. The van der Waals surface area contributed by atoms with Crippen LogP contribution in [0.15, 0.2) is 42.9 Å². The zero-order chi connectivity index (χ0) is 24.5. The Morgan fingerprint density at radius 1 is 1.09 bits per heavy atom. The third-order valence-electron chi connectivity index (χ3n) is 5.59. The number of nitrogens with zero attached hydrogens (tertiary/aromatic N) is 5. The van der Waals surface area contributed by atoms with Gasteiger partial charge in [0.2, 0.25) is 0 Å². The topological polar surface area (TPSA) is 91.3 Å². The molecule has 1 saturated heterocycles. The number of hydrogen-bond acceptors (Lipinski definition) is 6. The van der Waals surface area contributed by atoms with Gasteiger partial charge in [0.15, 0.2) is 0 Å². The van der Waals surface area contributed by atoms with Crippen LogP contribution in [0.2, 0.25) is 5.02 Å². The molecule has 0 unspecified atom stereocenters. The molecule has 2 aromatic heterocycles. The summed E-state index contributed by atoms with van der Waals surface area (Å²) < 4.78 is 56.1. The van der Waals surface area contributed by atoms with Gasteiger partial charge in [-0.05, 0) is 31.0 Å². The summed E-state index contributed by atoms with van der Waals surface area (Å²) >= 11 is 6.36. The van der Waals surface area contributed by atoms with E-state index in [1.54, 1.807) is 12.3 Å². The standard InChI is InChI=1S/C22H23ClF2N6O2S/c1-30(2)34(32,33)29-15-6-9-31(10-7-15)20-13-27-21(17-4-3-14(24)11-19(17)25)22(28-20)16-5-8-26-12-18(16)23/h3-5,8,11-13,15,29H,6-7,9-10H2,1-2H3. The zero-order valence-electron chi connectivity index (χ0n) is 18.5. The van der Waals surface area contributed by atoms with Crippen molar-refractivity contribution in [3.8, 4) is 22.5 Å². The van der Waals surface area contributed by atoms with Gasteiger partial charge in [-0.15, -0.1) is 0 Å². The fourth-order valence-electron chi connectivity index (χ4n) is 3.71. The Balaban J connectivity index is 1.66. The number of hydrogen-bond donors (Lipinski definition) is 1. The lowest BCUT2D eigenvalue weighted by molar-refractivity contribution is 0.436. The second-order valence-electron chi connectivity index (χ2n) is 8.07. The Bertz CT molecular complexity index is 1300. The van der Waals surface area contributed by atoms with Crippen LogP contribution in [0.1, 0.15) is 12.8 Å². The number of anilines is 1. The van der Waals surface area contributed by atoms with Crippen LogP contribution in [-0.4, -0.2) is 60.9 Å². The normalized spacial score (nSPS) is 15.2. The maximum absolute atomic E-state index is 14.6. The average molecular weight is 509 g/mol. The van der Waals surface area contributed by atoms with E-state index in [0.29, 0.717) is 48.0 Å². The molecular formula is C22H23ClF2N6O2S. The quantitative estimate of drug-likeness (QED) is 0.548. The van der Waals surface area contributed by atoms with E-state index in [1.165, 1.54) is 32.6 Å². The lowest BCUT2D eigenvalue weighted by Gasteiger charge is -2.33. The summed E-state index contributed by atoms with van der Waals surface area (Å²) in [5.74, 6) is -0.910. The van der Waals surface area contributed by atoms with E-state index in [2.05, 4.69) is 14.7 Å². The van der Waals surface area contributed by atoms with Gasteiger partial charge in [-0.2, -0.15) is 17.4 Å². The number of halogens is 3. The molecule has 12 heteroatoms. The summed E-state index contributed by atoms with van der Waals surface area (Å²) in [7, 11) is -0.564. The van der Waals surface area contributed by atoms with Crippen LogP contribution in [0.25, 0.3) is 22.5 Å². The molecule has 1 N–H and O–H groups in total. The molecule has 1 aromatic carbocycles. The molecule has 180 valence electrons. The van der Waals surface area contributed by atoms with Crippen molar-refractivity contribution in [1.29, 1.82) is 0 Å². The number of aromatic nitrogens is 3. The van der Waals surface area contributed by atoms with E-state index in [4.69, 9.17) is 16.6 Å². The van der Waals surface area contributed by atoms with Crippen LogP contribution in [0.3, 0.4) is 0 Å². The highest BCUT2D eigenvalue weighted by atomic mass is 35.5. The summed E-state index contributed by atoms with van der Waals surface area (Å²) in [6.45, 7) is 1.09. The molecule has 1 aliphatic rings. The summed E-state index contributed by atoms with van der Waals surface area (Å²) in [6.07, 6.45) is 5.69. The lowest BCUT2D eigenvalue weighted by atomic mass is 10.0. The molecule has 0 radical (unpaired) electrons. The molecule has 1 aliphatic heterocycles. The Morgan fingerprint density at radius 3 is 2.47 bits per heavy atom. The molecule has 0 amide bonds. The Kier molecular flexibility index (Phi) is 7.08. The van der Waals surface area contributed by atoms with Crippen molar-refractivity contribution in [2.45, 2.75) is 18.9 Å². The van der Waals surface area contributed by atoms with Gasteiger partial charge < -0.3 is 4.90 Å². The first kappa shape index (κ1) is 24.4. The molecule has 0 aliphatic carbocycles. The summed E-state index contributed by atoms with van der Waals surface area (Å²) in [6, 6.07) is 4.73. The SMILES string of the molecule is CN(C)S(=O)(=O)NC1CCN(c2cnc(-c3ccc(F)cc3F)c(-c3ccncc3Cl)n2)CC1. The Labute approximate surface area is 201 Å². The minimum absolute atomic E-state index is 0.0973. The molecule has 3 heterocycles. The number of piperidine rings is 1. The number of pyridine rings is 1. The fourth-order valence-corrected chi connectivity index (χ4v) is 4.78. The van der Waals surface area contributed by atoms with E-state index in [1.807, 2.05) is 4.90 Å². The van der Waals surface area contributed by atoms with Crippen molar-refractivity contribution in [3.05, 3.63) is 59.5 Å². The van der Waals surface area contributed by atoms with Gasteiger partial charge in [-0.1, -0.05) is 11.6 Å². The largest absolute Gasteiger partial charge is 0.355 e. The molecule has 3 aromatic rings. The average Bonchev–Trinajstić information content (AvgIpc) is 2.79. The van der Waals surface area contributed by atoms with Crippen LogP contribution >= 0.6 is 11.6 Å². The van der Waals surface area contributed by atoms with E-state index >= 15 is 0 Å². The second kappa shape index (κ2) is 9.87. The molecule has 4 rings (SSSR count). The Morgan fingerprint density at radius 2 is 1.82 bits per heavy atom. The van der Waals surface area contributed by atoms with Crippen LogP contribution in [0.4, 0.5) is 14.6 Å². The molecule has 8 nitrogen and oxygen atoms in total. The maximum Gasteiger partial charge on any atom is 0.279 e. The molecular weight excluding hydrogens is 486 g/mol. The monoisotopic (exact) mass is 508 g/mol. The van der Waals surface area contributed by atoms with Gasteiger partial charge in [0.25, 0.3) is 10.2 Å². The number of nitrogens with one attached hydrogen (secondary N) is 1. The summed E-state index contributed by atoms with van der Waals surface area (Å²) in [5, 5.41) is 0.314. The van der Waals surface area contributed by atoms with Gasteiger partial charge in [0.05, 0.1) is 16.9 Å². The zero-order valence-corrected chi connectivity index (χ0v) is 20.1. The highest BCUT2D eigenvalue weighted by Crippen LogP contribution is 2.35. The van der Waals surface area contributed by atoms with E-state index in [0.717, 1.165) is 16.4 Å². The van der Waals surface area contributed by atoms with Crippen molar-refractivity contribution >= 4 is 27.6 Å². The number of benzene rings is 1. The van der Waals surface area contributed by atoms with E-state index in [9.17, 15) is 17.2 Å². The first-order valence-corrected chi connectivity index (χ1v) is 12.3. The smallest absolute Gasteiger partial charge is 0.279 e. The third kappa shape index (κ3) is 5.17. The van der Waals surface area contributed by atoms with Crippen molar-refractivity contribution in [3.63, 3.8) is 0 Å². The molecule has 1 fully saturated rings. The third-order valence-corrected chi connectivity index (χ3v) is 7.48. The highest BCUT2D eigenvalue weighted by molar-refractivity contribution is 7.87. The van der Waals surface area contributed by atoms with Crippen LogP contribution in [0, 0.1) is 11.6 Å². The Hall–Kier alpha value is -2.73. The number of rotatable bonds is 6. The van der Waals surface area contributed by atoms with Gasteiger partial charge in [0.1, 0.15) is 23.1 Å². The maximum atomic E-state index is 14.6. The van der Waals surface area contributed by atoms with Gasteiger partial charge in [0, 0.05) is 62.8 Å². The highest BCUT2D eigenvalue weighted by Gasteiger charge is 2.26. The van der Waals surface area contributed by atoms with Crippen molar-refractivity contribution in [1.82, 2.24) is 24.0 Å². The van der Waals surface area contributed by atoms with Crippen LogP contribution in [-0.2, 0) is 10.2 Å². The first-order chi connectivity index (χ1) is 16.2. The second-order valence-corrected chi connectivity index (χ2v) is 10.4. The van der Waals surface area contributed by atoms with E-state index < -0.39 is 21.8 Å². The summed E-state index contributed by atoms with van der Waals surface area (Å²) in [5.41, 5.74) is 1.17. The van der Waals surface area contributed by atoms with Gasteiger partial charge in [-0.3, -0.25) is 4.98 Å². The molecule has 0 saturated carbocycles. The first-order valence-electron chi connectivity index (χ1n) is 10.5. The molecule has 0 bridgehead atoms. The van der Waals surface area contributed by atoms with E-state index in [-0.39, 0.29) is 17.3 Å². The van der Waals surface area contributed by atoms with Crippen LogP contribution in [0.5, 0.6) is 0 Å². The fraction of sp³-hybridized carbons (Fsp3) is 0.318. The van der Waals surface area contributed by atoms with Crippen LogP contribution < -0.4 is 9.62 Å².